The molecule has 0 aliphatic carbocycles. The summed E-state index contributed by atoms with van der Waals surface area (Å²) in [5, 5.41) is 1.30. The highest BCUT2D eigenvalue weighted by atomic mass is 16.2. The maximum absolute atomic E-state index is 12.6. The molecule has 2 aromatic heterocycles. The second kappa shape index (κ2) is 6.24. The van der Waals surface area contributed by atoms with Gasteiger partial charge in [-0.25, -0.2) is 0 Å². The van der Waals surface area contributed by atoms with Crippen molar-refractivity contribution in [2.75, 3.05) is 13.1 Å². The lowest BCUT2D eigenvalue weighted by molar-refractivity contribution is 0.0713. The molecule has 0 bridgehead atoms. The molecule has 2 N–H and O–H groups in total. The number of likely N-dealkylation sites (tertiary alicyclic amines) is 1. The van der Waals surface area contributed by atoms with E-state index in [4.69, 9.17) is 0 Å². The third-order valence-corrected chi connectivity index (χ3v) is 5.16. The number of fused-ring (bicyclic) bond motifs is 1. The Balaban J connectivity index is 1.51. The second-order valence-corrected chi connectivity index (χ2v) is 6.72. The van der Waals surface area contributed by atoms with Crippen molar-refractivity contribution in [3.05, 3.63) is 69.8 Å². The molecule has 1 saturated heterocycles. The summed E-state index contributed by atoms with van der Waals surface area (Å²) in [7, 11) is 0. The molecule has 1 aliphatic rings. The summed E-state index contributed by atoms with van der Waals surface area (Å²) in [4.78, 5) is 31.7. The van der Waals surface area contributed by atoms with E-state index < -0.39 is 0 Å². The van der Waals surface area contributed by atoms with Gasteiger partial charge in [0.05, 0.1) is 5.56 Å². The van der Waals surface area contributed by atoms with Crippen molar-refractivity contribution in [1.82, 2.24) is 14.9 Å². The number of piperidine rings is 1. The summed E-state index contributed by atoms with van der Waals surface area (Å²) in [6, 6.07) is 11.4. The number of aromatic amines is 2. The Morgan fingerprint density at radius 2 is 1.88 bits per heavy atom. The lowest BCUT2D eigenvalue weighted by atomic mass is 9.87. The SMILES string of the molecule is Cc1[nH]c2ccccc2c1C1CCN(C(=O)c2ccc(=O)[nH]c2)CC1. The van der Waals surface area contributed by atoms with Gasteiger partial charge in [-0.3, -0.25) is 9.59 Å². The number of aromatic nitrogens is 2. The van der Waals surface area contributed by atoms with Crippen LogP contribution in [0.25, 0.3) is 10.9 Å². The van der Waals surface area contributed by atoms with E-state index in [-0.39, 0.29) is 11.5 Å². The zero-order chi connectivity index (χ0) is 17.4. The number of aryl methyl sites for hydroxylation is 1. The summed E-state index contributed by atoms with van der Waals surface area (Å²) in [5.41, 5.74) is 4.16. The van der Waals surface area contributed by atoms with Crippen LogP contribution in [0.2, 0.25) is 0 Å². The predicted octanol–water partition coefficient (Wildman–Crippen LogP) is 3.18. The molecule has 1 aromatic carbocycles. The minimum Gasteiger partial charge on any atom is -0.358 e. The molecule has 1 aliphatic heterocycles. The van der Waals surface area contributed by atoms with Gasteiger partial charge in [0.1, 0.15) is 0 Å². The van der Waals surface area contributed by atoms with Gasteiger partial charge in [-0.2, -0.15) is 0 Å². The molecule has 128 valence electrons. The number of pyridine rings is 1. The van der Waals surface area contributed by atoms with E-state index in [0.29, 0.717) is 11.5 Å². The van der Waals surface area contributed by atoms with E-state index >= 15 is 0 Å². The molecule has 0 unspecified atom stereocenters. The monoisotopic (exact) mass is 335 g/mol. The van der Waals surface area contributed by atoms with E-state index in [0.717, 1.165) is 25.9 Å². The molecule has 0 spiro atoms. The maximum atomic E-state index is 12.6. The highest BCUT2D eigenvalue weighted by Gasteiger charge is 2.27. The zero-order valence-corrected chi connectivity index (χ0v) is 14.2. The Kier molecular flexibility index (Phi) is 3.92. The Morgan fingerprint density at radius 3 is 2.60 bits per heavy atom. The van der Waals surface area contributed by atoms with Crippen molar-refractivity contribution in [2.24, 2.45) is 0 Å². The fourth-order valence-corrected chi connectivity index (χ4v) is 3.92. The van der Waals surface area contributed by atoms with Crippen LogP contribution in [0.15, 0.2) is 47.4 Å². The second-order valence-electron chi connectivity index (χ2n) is 6.72. The topological polar surface area (TPSA) is 69.0 Å². The highest BCUT2D eigenvalue weighted by molar-refractivity contribution is 5.94. The zero-order valence-electron chi connectivity index (χ0n) is 14.2. The normalized spacial score (nSPS) is 15.6. The number of H-pyrrole nitrogens is 2. The molecule has 25 heavy (non-hydrogen) atoms. The molecular formula is C20H21N3O2. The number of hydrogen-bond acceptors (Lipinski definition) is 2. The summed E-state index contributed by atoms with van der Waals surface area (Å²) in [6.45, 7) is 3.61. The van der Waals surface area contributed by atoms with Crippen molar-refractivity contribution in [3.63, 3.8) is 0 Å². The van der Waals surface area contributed by atoms with Crippen LogP contribution < -0.4 is 5.56 Å². The van der Waals surface area contributed by atoms with Gasteiger partial charge < -0.3 is 14.9 Å². The first-order valence-corrected chi connectivity index (χ1v) is 8.68. The first kappa shape index (κ1) is 15.7. The highest BCUT2D eigenvalue weighted by Crippen LogP contribution is 2.35. The van der Waals surface area contributed by atoms with Crippen LogP contribution in [0.4, 0.5) is 0 Å². The Hall–Kier alpha value is -2.82. The molecule has 1 fully saturated rings. The lowest BCUT2D eigenvalue weighted by Gasteiger charge is -2.32. The first-order valence-electron chi connectivity index (χ1n) is 8.68. The Labute approximate surface area is 145 Å². The van der Waals surface area contributed by atoms with Gasteiger partial charge in [0.25, 0.3) is 5.91 Å². The minimum atomic E-state index is -0.190. The van der Waals surface area contributed by atoms with E-state index in [1.807, 2.05) is 11.0 Å². The Bertz CT molecular complexity index is 958. The number of rotatable bonds is 2. The van der Waals surface area contributed by atoms with Crippen LogP contribution in [0.1, 0.15) is 40.4 Å². The van der Waals surface area contributed by atoms with Gasteiger partial charge in [0, 0.05) is 41.9 Å². The van der Waals surface area contributed by atoms with E-state index in [2.05, 4.69) is 35.1 Å². The van der Waals surface area contributed by atoms with Crippen LogP contribution >= 0.6 is 0 Å². The van der Waals surface area contributed by atoms with Crippen LogP contribution in [0.5, 0.6) is 0 Å². The quantitative estimate of drug-likeness (QED) is 0.755. The average molecular weight is 335 g/mol. The molecule has 1 amide bonds. The van der Waals surface area contributed by atoms with Gasteiger partial charge in [-0.05, 0) is 43.4 Å². The molecule has 0 radical (unpaired) electrons. The van der Waals surface area contributed by atoms with E-state index in [1.165, 1.54) is 34.4 Å². The fraction of sp³-hybridized carbons (Fsp3) is 0.300. The Morgan fingerprint density at radius 1 is 1.12 bits per heavy atom. The van der Waals surface area contributed by atoms with Crippen molar-refractivity contribution >= 4 is 16.8 Å². The third-order valence-electron chi connectivity index (χ3n) is 5.16. The summed E-state index contributed by atoms with van der Waals surface area (Å²) in [5.74, 6) is 0.459. The number of para-hydroxylation sites is 1. The van der Waals surface area contributed by atoms with Crippen molar-refractivity contribution in [2.45, 2.75) is 25.7 Å². The molecule has 3 heterocycles. The van der Waals surface area contributed by atoms with Crippen LogP contribution in [-0.4, -0.2) is 33.9 Å². The van der Waals surface area contributed by atoms with Gasteiger partial charge in [0.15, 0.2) is 0 Å². The lowest BCUT2D eigenvalue weighted by Crippen LogP contribution is -2.38. The molecular weight excluding hydrogens is 314 g/mol. The van der Waals surface area contributed by atoms with Gasteiger partial charge in [-0.1, -0.05) is 18.2 Å². The summed E-state index contributed by atoms with van der Waals surface area (Å²) in [6.07, 6.45) is 3.41. The molecule has 5 nitrogen and oxygen atoms in total. The molecule has 3 aromatic rings. The fourth-order valence-electron chi connectivity index (χ4n) is 3.92. The van der Waals surface area contributed by atoms with E-state index in [1.54, 1.807) is 6.07 Å². The first-order chi connectivity index (χ1) is 12.1. The number of carbonyl (C=O) groups is 1. The smallest absolute Gasteiger partial charge is 0.255 e. The predicted molar refractivity (Wildman–Crippen MR) is 98.0 cm³/mol. The van der Waals surface area contributed by atoms with Crippen molar-refractivity contribution < 1.29 is 4.79 Å². The third kappa shape index (κ3) is 2.86. The number of amides is 1. The number of carbonyl (C=O) groups excluding carboxylic acids is 1. The number of hydrogen-bond donors (Lipinski definition) is 2. The molecule has 0 atom stereocenters. The van der Waals surface area contributed by atoms with Crippen molar-refractivity contribution in [1.29, 1.82) is 0 Å². The number of nitrogens with one attached hydrogen (secondary N) is 2. The van der Waals surface area contributed by atoms with Crippen LogP contribution in [0, 0.1) is 6.92 Å². The van der Waals surface area contributed by atoms with Gasteiger partial charge in [-0.15, -0.1) is 0 Å². The average Bonchev–Trinajstić information content (AvgIpc) is 2.97. The summed E-state index contributed by atoms with van der Waals surface area (Å²) < 4.78 is 0. The summed E-state index contributed by atoms with van der Waals surface area (Å²) >= 11 is 0. The standard InChI is InChI=1S/C20H21N3O2/c1-13-19(16-4-2-3-5-17(16)22-13)14-8-10-23(11-9-14)20(25)15-6-7-18(24)21-12-15/h2-7,12,14,22H,8-11H2,1H3,(H,21,24). The van der Waals surface area contributed by atoms with Gasteiger partial charge >= 0.3 is 0 Å². The van der Waals surface area contributed by atoms with Crippen molar-refractivity contribution in [3.8, 4) is 0 Å². The van der Waals surface area contributed by atoms with E-state index in [9.17, 15) is 9.59 Å². The largest absolute Gasteiger partial charge is 0.358 e. The number of nitrogens with zero attached hydrogens (tertiary/aromatic N) is 1. The van der Waals surface area contributed by atoms with Crippen LogP contribution in [-0.2, 0) is 0 Å². The molecule has 0 saturated carbocycles. The maximum Gasteiger partial charge on any atom is 0.255 e. The molecule has 4 rings (SSSR count). The molecule has 5 heteroatoms. The minimum absolute atomic E-state index is 0.00894. The number of benzene rings is 1. The van der Waals surface area contributed by atoms with Gasteiger partial charge in [0.2, 0.25) is 5.56 Å². The van der Waals surface area contributed by atoms with Crippen LogP contribution in [0.3, 0.4) is 0 Å².